The minimum atomic E-state index is -0.254. The number of rotatable bonds is 0. The average molecular weight is 125 g/mol. The van der Waals surface area contributed by atoms with E-state index in [1.165, 1.54) is 0 Å². The molecule has 0 fully saturated rings. The summed E-state index contributed by atoms with van der Waals surface area (Å²) in [6.07, 6.45) is 0. The van der Waals surface area contributed by atoms with Gasteiger partial charge in [0.25, 0.3) is 0 Å². The number of hydrogen-bond acceptors (Lipinski definition) is 1. The zero-order valence-corrected chi connectivity index (χ0v) is 5.45. The van der Waals surface area contributed by atoms with Crippen LogP contribution in [-0.2, 0) is 0 Å². The van der Waals surface area contributed by atoms with Crippen LogP contribution in [-0.4, -0.2) is 5.11 Å². The van der Waals surface area contributed by atoms with Crippen molar-refractivity contribution in [3.05, 3.63) is 29.3 Å². The highest BCUT2D eigenvalue weighted by Crippen LogP contribution is 2.15. The predicted molar refractivity (Wildman–Crippen MR) is 37.6 cm³/mol. The van der Waals surface area contributed by atoms with Crippen molar-refractivity contribution in [2.75, 3.05) is 0 Å². The Hall–Kier alpha value is -0.980. The van der Waals surface area contributed by atoms with Gasteiger partial charge in [0.15, 0.2) is 0 Å². The van der Waals surface area contributed by atoms with Crippen molar-refractivity contribution in [2.24, 2.45) is 0 Å². The van der Waals surface area contributed by atoms with E-state index in [2.05, 4.69) is 0 Å². The lowest BCUT2D eigenvalue weighted by atomic mass is 10.1. The van der Waals surface area contributed by atoms with E-state index in [1.807, 2.05) is 0 Å². The van der Waals surface area contributed by atoms with Gasteiger partial charge < -0.3 is 5.11 Å². The van der Waals surface area contributed by atoms with Crippen molar-refractivity contribution in [1.82, 2.24) is 0 Å². The summed E-state index contributed by atoms with van der Waals surface area (Å²) in [5, 5.41) is 9.26. The van der Waals surface area contributed by atoms with E-state index in [0.29, 0.717) is 11.1 Å². The fourth-order valence-electron chi connectivity index (χ4n) is 0.618. The Morgan fingerprint density at radius 2 is 2.11 bits per heavy atom. The lowest BCUT2D eigenvalue weighted by Crippen LogP contribution is -1.75. The Morgan fingerprint density at radius 1 is 1.44 bits per heavy atom. The molecule has 0 atom stereocenters. The molecule has 0 saturated carbocycles. The Labute approximate surface area is 59.2 Å². The molecule has 1 N–H and O–H groups in total. The summed E-state index contributed by atoms with van der Waals surface area (Å²) in [6, 6.07) is -0.113. The number of aromatic hydroxyl groups is 1. The largest absolute Gasteiger partial charge is 0.508 e. The molecular weight excluding hydrogens is 112 g/mol. The maximum atomic E-state index is 9.26. The van der Waals surface area contributed by atoms with Gasteiger partial charge in [-0.15, -0.1) is 0 Å². The number of phenols is 1. The maximum absolute atomic E-state index is 9.26. The van der Waals surface area contributed by atoms with E-state index in [9.17, 15) is 5.11 Å². The molecule has 1 aromatic rings. The number of benzene rings is 1. The molecule has 0 saturated heterocycles. The molecule has 0 aliphatic rings. The van der Waals surface area contributed by atoms with Gasteiger partial charge in [0.05, 0.1) is 4.11 Å². The molecule has 0 bridgehead atoms. The van der Waals surface area contributed by atoms with Gasteiger partial charge in [-0.05, 0) is 25.5 Å². The summed E-state index contributed by atoms with van der Waals surface area (Å²) < 4.78 is 22.1. The van der Waals surface area contributed by atoms with E-state index in [0.717, 1.165) is 0 Å². The Morgan fingerprint density at radius 3 is 2.78 bits per heavy atom. The molecule has 0 unspecified atom stereocenters. The first-order chi connectivity index (χ1) is 5.46. The monoisotopic (exact) mass is 125 g/mol. The van der Waals surface area contributed by atoms with Crippen molar-refractivity contribution in [3.63, 3.8) is 0 Å². The minimum Gasteiger partial charge on any atom is -0.508 e. The molecule has 9 heavy (non-hydrogen) atoms. The fourth-order valence-corrected chi connectivity index (χ4v) is 0.618. The highest BCUT2D eigenvalue weighted by atomic mass is 16.3. The van der Waals surface area contributed by atoms with E-state index in [-0.39, 0.29) is 23.9 Å². The van der Waals surface area contributed by atoms with Crippen LogP contribution in [0.4, 0.5) is 0 Å². The lowest BCUT2D eigenvalue weighted by Gasteiger charge is -1.97. The molecule has 48 valence electrons. The molecule has 1 heteroatoms. The zero-order valence-electron chi connectivity index (χ0n) is 8.45. The third-order valence-electron chi connectivity index (χ3n) is 1.10. The second-order valence-electron chi connectivity index (χ2n) is 1.97. The summed E-state index contributed by atoms with van der Waals surface area (Å²) in [5.74, 6) is -0.254. The van der Waals surface area contributed by atoms with Gasteiger partial charge in [-0.3, -0.25) is 0 Å². The van der Waals surface area contributed by atoms with Crippen molar-refractivity contribution in [1.29, 1.82) is 0 Å². The number of phenolic OH excluding ortho intramolecular Hbond substituents is 1. The third kappa shape index (κ3) is 1.22. The molecule has 0 aliphatic heterocycles. The molecule has 0 aromatic heterocycles. The van der Waals surface area contributed by atoms with Crippen LogP contribution in [0.2, 0.25) is 0 Å². The van der Waals surface area contributed by atoms with E-state index >= 15 is 0 Å². The van der Waals surface area contributed by atoms with Crippen LogP contribution in [0.1, 0.15) is 15.2 Å². The molecule has 0 aliphatic carbocycles. The van der Waals surface area contributed by atoms with Crippen LogP contribution < -0.4 is 0 Å². The first-order valence-electron chi connectivity index (χ1n) is 4.22. The average Bonchev–Trinajstić information content (AvgIpc) is 2.08. The lowest BCUT2D eigenvalue weighted by molar-refractivity contribution is 0.471. The Kier molecular flexibility index (Phi) is 0.758. The highest BCUT2D eigenvalue weighted by Gasteiger charge is 1.91. The van der Waals surface area contributed by atoms with Crippen molar-refractivity contribution >= 4 is 0 Å². The van der Waals surface area contributed by atoms with Crippen molar-refractivity contribution < 1.29 is 9.22 Å². The molecule has 0 heterocycles. The Bertz CT molecular complexity index is 229. The maximum Gasteiger partial charge on any atom is 0.118 e. The van der Waals surface area contributed by atoms with Gasteiger partial charge in [-0.1, -0.05) is 17.6 Å². The molecular formula is C8H10O. The van der Waals surface area contributed by atoms with Gasteiger partial charge in [0.1, 0.15) is 5.75 Å². The van der Waals surface area contributed by atoms with Gasteiger partial charge in [0.2, 0.25) is 0 Å². The minimum absolute atomic E-state index is 0.0666. The van der Waals surface area contributed by atoms with Crippen molar-refractivity contribution in [2.45, 2.75) is 13.8 Å². The molecule has 0 amide bonds. The predicted octanol–water partition coefficient (Wildman–Crippen LogP) is 2.01. The third-order valence-corrected chi connectivity index (χ3v) is 1.10. The van der Waals surface area contributed by atoms with Gasteiger partial charge in [0, 0.05) is 0 Å². The quantitative estimate of drug-likeness (QED) is 0.562. The van der Waals surface area contributed by atoms with Crippen LogP contribution in [0.5, 0.6) is 5.75 Å². The topological polar surface area (TPSA) is 20.2 Å². The summed E-state index contributed by atoms with van der Waals surface area (Å²) in [6.45, 7) is 3.18. The molecule has 1 nitrogen and oxygen atoms in total. The first-order valence-corrected chi connectivity index (χ1v) is 2.72. The fraction of sp³-hybridized carbons (Fsp3) is 0.250. The smallest absolute Gasteiger partial charge is 0.118 e. The molecule has 0 radical (unpaired) electrons. The summed E-state index contributed by atoms with van der Waals surface area (Å²) in [4.78, 5) is 0. The highest BCUT2D eigenvalue weighted by molar-refractivity contribution is 5.34. The standard InChI is InChI=1S/C8H10O/c1-6-3-4-8(9)7(2)5-6/h3-5,9H,1-2H3/i3D,4D,5D. The summed E-state index contributed by atoms with van der Waals surface area (Å²) in [7, 11) is 0. The molecule has 0 spiro atoms. The second kappa shape index (κ2) is 2.09. The zero-order chi connectivity index (χ0) is 9.46. The second-order valence-corrected chi connectivity index (χ2v) is 1.97. The summed E-state index contributed by atoms with van der Waals surface area (Å²) in [5.41, 5.74) is 0.809. The van der Waals surface area contributed by atoms with E-state index in [4.69, 9.17) is 4.11 Å². The van der Waals surface area contributed by atoms with Crippen LogP contribution in [0.3, 0.4) is 0 Å². The van der Waals surface area contributed by atoms with Crippen LogP contribution in [0.15, 0.2) is 18.1 Å². The molecule has 1 aromatic carbocycles. The van der Waals surface area contributed by atoms with E-state index in [1.54, 1.807) is 13.8 Å². The number of hydrogen-bond donors (Lipinski definition) is 1. The van der Waals surface area contributed by atoms with Crippen LogP contribution in [0, 0.1) is 13.8 Å². The summed E-state index contributed by atoms with van der Waals surface area (Å²) >= 11 is 0. The normalized spacial score (nSPS) is 14.2. The molecule has 1 rings (SSSR count). The first kappa shape index (κ1) is 3.25. The van der Waals surface area contributed by atoms with Crippen molar-refractivity contribution in [3.8, 4) is 5.75 Å². The van der Waals surface area contributed by atoms with Crippen LogP contribution >= 0.6 is 0 Å². The van der Waals surface area contributed by atoms with Crippen LogP contribution in [0.25, 0.3) is 0 Å². The SMILES string of the molecule is [2H]c1c([2H])c(O)c(C)c([2H])c1C. The van der Waals surface area contributed by atoms with Gasteiger partial charge >= 0.3 is 0 Å². The van der Waals surface area contributed by atoms with Gasteiger partial charge in [-0.2, -0.15) is 0 Å². The van der Waals surface area contributed by atoms with Gasteiger partial charge in [-0.25, -0.2) is 0 Å². The Balaban J connectivity index is 3.60. The van der Waals surface area contributed by atoms with E-state index < -0.39 is 0 Å².